The summed E-state index contributed by atoms with van der Waals surface area (Å²) in [6.45, 7) is 4.58. The van der Waals surface area contributed by atoms with Crippen LogP contribution in [0, 0.1) is 5.92 Å². The largest absolute Gasteiger partial charge is 0.352 e. The second kappa shape index (κ2) is 3.98. The number of nitrogens with one attached hydrogen (secondary N) is 2. The second-order valence-corrected chi connectivity index (χ2v) is 3.32. The van der Waals surface area contributed by atoms with Gasteiger partial charge in [0.15, 0.2) is 0 Å². The molecule has 0 aliphatic carbocycles. The van der Waals surface area contributed by atoms with Gasteiger partial charge in [-0.25, -0.2) is 0 Å². The molecule has 0 fully saturated rings. The number of rotatable bonds is 3. The summed E-state index contributed by atoms with van der Waals surface area (Å²) in [6, 6.07) is 1.48. The van der Waals surface area contributed by atoms with E-state index in [1.165, 1.54) is 12.3 Å². The van der Waals surface area contributed by atoms with Gasteiger partial charge in [-0.3, -0.25) is 9.90 Å². The molecule has 0 bridgehead atoms. The van der Waals surface area contributed by atoms with Crippen LogP contribution in [0.4, 0.5) is 0 Å². The Kier molecular flexibility index (Phi) is 2.95. The van der Waals surface area contributed by atoms with Gasteiger partial charge < -0.3 is 10.3 Å². The van der Waals surface area contributed by atoms with Crippen LogP contribution in [0.3, 0.4) is 0 Å². The fourth-order valence-electron chi connectivity index (χ4n) is 0.925. The number of carbonyl (C=O) groups excluding carboxylic acids is 1. The van der Waals surface area contributed by atoms with Crippen molar-refractivity contribution >= 4 is 5.91 Å². The first kappa shape index (κ1) is 9.64. The highest BCUT2D eigenvalue weighted by Gasteiger charge is 2.12. The fourth-order valence-corrected chi connectivity index (χ4v) is 0.925. The van der Waals surface area contributed by atoms with Crippen LogP contribution < -0.4 is 5.32 Å². The van der Waals surface area contributed by atoms with Gasteiger partial charge in [0.2, 0.25) is 0 Å². The summed E-state index contributed by atoms with van der Waals surface area (Å²) in [5, 5.41) is 13.7. The second-order valence-electron chi connectivity index (χ2n) is 3.32. The van der Waals surface area contributed by atoms with E-state index in [4.69, 9.17) is 0 Å². The Bertz CT molecular complexity index is 292. The van der Waals surface area contributed by atoms with Gasteiger partial charge in [-0.05, 0) is 12.0 Å². The maximum absolute atomic E-state index is 11.3. The van der Waals surface area contributed by atoms with E-state index >= 15 is 0 Å². The first-order chi connectivity index (χ1) is 6.11. The molecule has 0 spiro atoms. The number of aromatic amines is 1. The lowest BCUT2D eigenvalue weighted by molar-refractivity contribution is 0.0944. The van der Waals surface area contributed by atoms with Gasteiger partial charge in [-0.15, -0.1) is 0 Å². The molecule has 1 aromatic heterocycles. The van der Waals surface area contributed by atoms with Crippen molar-refractivity contribution in [1.82, 2.24) is 10.3 Å². The molecule has 0 aliphatic rings. The van der Waals surface area contributed by atoms with Crippen molar-refractivity contribution < 1.29 is 9.90 Å². The van der Waals surface area contributed by atoms with E-state index in [1.54, 1.807) is 0 Å². The van der Waals surface area contributed by atoms with E-state index in [1.807, 2.05) is 13.8 Å². The van der Waals surface area contributed by atoms with Crippen molar-refractivity contribution in [2.24, 2.45) is 5.92 Å². The zero-order valence-electron chi connectivity index (χ0n) is 7.76. The molecular weight excluding hydrogens is 168 g/mol. The van der Waals surface area contributed by atoms with E-state index in [2.05, 4.69) is 10.3 Å². The van der Waals surface area contributed by atoms with E-state index in [9.17, 15) is 9.90 Å². The lowest BCUT2D eigenvalue weighted by atomic mass is 10.2. The molecule has 4 heteroatoms. The highest BCUT2D eigenvalue weighted by Crippen LogP contribution is 2.13. The summed E-state index contributed by atoms with van der Waals surface area (Å²) >= 11 is 0. The minimum atomic E-state index is -0.332. The van der Waals surface area contributed by atoms with E-state index < -0.39 is 0 Å². The van der Waals surface area contributed by atoms with Crippen LogP contribution in [-0.2, 0) is 5.11 Å². The number of hydrogen-bond acceptors (Lipinski definition) is 1. The SMILES string of the molecule is CC(C)CNC(=O)c1cc[nH]c1[O]. The summed E-state index contributed by atoms with van der Waals surface area (Å²) in [7, 11) is 0. The van der Waals surface area contributed by atoms with E-state index in [0.29, 0.717) is 12.5 Å². The smallest absolute Gasteiger partial charge is 0.260 e. The zero-order chi connectivity index (χ0) is 9.84. The minimum absolute atomic E-state index is 0.181. The number of H-pyrrole nitrogens is 1. The molecule has 1 heterocycles. The molecule has 71 valence electrons. The molecule has 4 nitrogen and oxygen atoms in total. The first-order valence-corrected chi connectivity index (χ1v) is 4.24. The Labute approximate surface area is 77.0 Å². The van der Waals surface area contributed by atoms with Crippen LogP contribution in [0.1, 0.15) is 24.2 Å². The highest BCUT2D eigenvalue weighted by atomic mass is 16.3. The molecule has 0 aromatic carbocycles. The summed E-state index contributed by atoms with van der Waals surface area (Å²) in [6.07, 6.45) is 1.46. The molecule has 0 atom stereocenters. The van der Waals surface area contributed by atoms with Crippen molar-refractivity contribution in [1.29, 1.82) is 0 Å². The molecule has 0 saturated carbocycles. The number of amides is 1. The molecule has 1 amide bonds. The Morgan fingerprint density at radius 1 is 1.62 bits per heavy atom. The van der Waals surface area contributed by atoms with Crippen molar-refractivity contribution in [2.75, 3.05) is 6.54 Å². The van der Waals surface area contributed by atoms with Gasteiger partial charge in [0, 0.05) is 12.7 Å². The molecule has 1 radical (unpaired) electrons. The van der Waals surface area contributed by atoms with Crippen molar-refractivity contribution in [2.45, 2.75) is 13.8 Å². The Balaban J connectivity index is 2.54. The van der Waals surface area contributed by atoms with Gasteiger partial charge in [0.25, 0.3) is 11.8 Å². The monoisotopic (exact) mass is 181 g/mol. The maximum atomic E-state index is 11.3. The number of hydrogen-bond donors (Lipinski definition) is 2. The molecule has 0 saturated heterocycles. The topological polar surface area (TPSA) is 64.8 Å². The molecule has 0 unspecified atom stereocenters. The van der Waals surface area contributed by atoms with Crippen LogP contribution in [-0.4, -0.2) is 17.4 Å². The highest BCUT2D eigenvalue weighted by molar-refractivity contribution is 5.96. The van der Waals surface area contributed by atoms with Crippen LogP contribution >= 0.6 is 0 Å². The average Bonchev–Trinajstić information content (AvgIpc) is 2.47. The van der Waals surface area contributed by atoms with Gasteiger partial charge in [0.1, 0.15) is 5.56 Å². The predicted molar refractivity (Wildman–Crippen MR) is 48.1 cm³/mol. The predicted octanol–water partition coefficient (Wildman–Crippen LogP) is 1.54. The lowest BCUT2D eigenvalue weighted by Crippen LogP contribution is -2.26. The summed E-state index contributed by atoms with van der Waals surface area (Å²) in [5.74, 6) is -0.251. The molecule has 13 heavy (non-hydrogen) atoms. The quantitative estimate of drug-likeness (QED) is 0.729. The molecule has 1 aromatic rings. The van der Waals surface area contributed by atoms with E-state index in [-0.39, 0.29) is 17.4 Å². The summed E-state index contributed by atoms with van der Waals surface area (Å²) in [5.41, 5.74) is 0.181. The Hall–Kier alpha value is -1.45. The number of carbonyl (C=O) groups is 1. The summed E-state index contributed by atoms with van der Waals surface area (Å²) < 4.78 is 0. The first-order valence-electron chi connectivity index (χ1n) is 4.24. The van der Waals surface area contributed by atoms with Gasteiger partial charge in [0.05, 0.1) is 0 Å². The zero-order valence-corrected chi connectivity index (χ0v) is 7.76. The normalized spacial score (nSPS) is 10.4. The lowest BCUT2D eigenvalue weighted by Gasteiger charge is -2.05. The average molecular weight is 181 g/mol. The fraction of sp³-hybridized carbons (Fsp3) is 0.444. The standard InChI is InChI=1S/C9H13N2O2/c1-6(2)5-11-9(13)7-3-4-10-8(7)12/h3-4,6,10H,5H2,1-2H3,(H,11,13). The van der Waals surface area contributed by atoms with Crippen LogP contribution in [0.2, 0.25) is 0 Å². The van der Waals surface area contributed by atoms with Crippen molar-refractivity contribution in [3.63, 3.8) is 0 Å². The third kappa shape index (κ3) is 2.50. The van der Waals surface area contributed by atoms with Gasteiger partial charge in [-0.1, -0.05) is 13.8 Å². The van der Waals surface area contributed by atoms with Gasteiger partial charge in [-0.2, -0.15) is 0 Å². The van der Waals surface area contributed by atoms with Crippen LogP contribution in [0.5, 0.6) is 5.88 Å². The number of aromatic nitrogens is 1. The molecular formula is C9H13N2O2. The summed E-state index contributed by atoms with van der Waals surface area (Å²) in [4.78, 5) is 13.7. The van der Waals surface area contributed by atoms with E-state index in [0.717, 1.165) is 0 Å². The van der Waals surface area contributed by atoms with Gasteiger partial charge >= 0.3 is 0 Å². The Morgan fingerprint density at radius 3 is 2.77 bits per heavy atom. The van der Waals surface area contributed by atoms with Crippen molar-refractivity contribution in [3.05, 3.63) is 17.8 Å². The minimum Gasteiger partial charge on any atom is -0.352 e. The molecule has 2 N–H and O–H groups in total. The third-order valence-corrected chi connectivity index (χ3v) is 1.62. The van der Waals surface area contributed by atoms with Crippen LogP contribution in [0.15, 0.2) is 12.3 Å². The Morgan fingerprint density at radius 2 is 2.31 bits per heavy atom. The molecule has 0 aliphatic heterocycles. The maximum Gasteiger partial charge on any atom is 0.260 e. The van der Waals surface area contributed by atoms with Crippen LogP contribution in [0.25, 0.3) is 0 Å². The molecule has 1 rings (SSSR count). The third-order valence-electron chi connectivity index (χ3n) is 1.62. The van der Waals surface area contributed by atoms with Crippen molar-refractivity contribution in [3.8, 4) is 5.88 Å².